The first-order chi connectivity index (χ1) is 10.8. The maximum atomic E-state index is 12.3. The summed E-state index contributed by atoms with van der Waals surface area (Å²) in [7, 11) is -0.335. The molecule has 0 unspecified atom stereocenters. The lowest BCUT2D eigenvalue weighted by Crippen LogP contribution is -2.53. The zero-order chi connectivity index (χ0) is 17.0. The van der Waals surface area contributed by atoms with Crippen LogP contribution in [-0.4, -0.2) is 68.1 Å². The van der Waals surface area contributed by atoms with Crippen LogP contribution < -0.4 is 0 Å². The summed E-state index contributed by atoms with van der Waals surface area (Å²) in [5, 5.41) is 0. The van der Waals surface area contributed by atoms with Crippen LogP contribution in [0.1, 0.15) is 17.5 Å². The topological polar surface area (TPSA) is 60.9 Å². The zero-order valence-electron chi connectivity index (χ0n) is 14.0. The molecule has 0 aromatic heterocycles. The summed E-state index contributed by atoms with van der Waals surface area (Å²) < 4.78 is 26.7. The summed E-state index contributed by atoms with van der Waals surface area (Å²) in [5.41, 5.74) is 2.35. The van der Waals surface area contributed by atoms with Gasteiger partial charge in [0, 0.05) is 46.7 Å². The lowest BCUT2D eigenvalue weighted by atomic mass is 10.1. The van der Waals surface area contributed by atoms with E-state index in [1.54, 1.807) is 4.90 Å². The van der Waals surface area contributed by atoms with Gasteiger partial charge in [-0.2, -0.15) is 17.0 Å². The summed E-state index contributed by atoms with van der Waals surface area (Å²) in [5.74, 6) is 0.0911. The molecule has 0 spiro atoms. The Bertz CT molecular complexity index is 650. The maximum Gasteiger partial charge on any atom is 0.281 e. The minimum atomic E-state index is -3.38. The predicted octanol–water partition coefficient (Wildman–Crippen LogP) is 0.878. The van der Waals surface area contributed by atoms with Gasteiger partial charge in [-0.15, -0.1) is 0 Å². The number of piperazine rings is 1. The highest BCUT2D eigenvalue weighted by atomic mass is 32.2. The monoisotopic (exact) mass is 339 g/mol. The smallest absolute Gasteiger partial charge is 0.281 e. The molecule has 1 fully saturated rings. The van der Waals surface area contributed by atoms with E-state index in [1.165, 1.54) is 28.3 Å². The largest absolute Gasteiger partial charge is 0.340 e. The standard InChI is InChI=1S/C16H25N3O3S/c1-14-5-4-6-15(13-14)7-8-16(20)18-9-11-19(12-10-18)23(21,22)17(2)3/h4-6,13H,7-12H2,1-3H3. The van der Waals surface area contributed by atoms with E-state index in [0.29, 0.717) is 32.6 Å². The molecule has 1 aromatic rings. The fraction of sp³-hybridized carbons (Fsp3) is 0.562. The Morgan fingerprint density at radius 1 is 1.17 bits per heavy atom. The normalized spacial score (nSPS) is 16.8. The summed E-state index contributed by atoms with van der Waals surface area (Å²) in [4.78, 5) is 14.1. The molecule has 23 heavy (non-hydrogen) atoms. The minimum absolute atomic E-state index is 0.0911. The van der Waals surface area contributed by atoms with Crippen molar-refractivity contribution in [3.05, 3.63) is 35.4 Å². The van der Waals surface area contributed by atoms with Gasteiger partial charge in [0.05, 0.1) is 0 Å². The van der Waals surface area contributed by atoms with Crippen LogP contribution in [0.3, 0.4) is 0 Å². The SMILES string of the molecule is Cc1cccc(CCC(=O)N2CCN(S(=O)(=O)N(C)C)CC2)c1. The van der Waals surface area contributed by atoms with Crippen molar-refractivity contribution >= 4 is 16.1 Å². The van der Waals surface area contributed by atoms with Gasteiger partial charge in [-0.25, -0.2) is 0 Å². The molecule has 1 aliphatic heterocycles. The minimum Gasteiger partial charge on any atom is -0.340 e. The van der Waals surface area contributed by atoms with Crippen molar-refractivity contribution in [2.24, 2.45) is 0 Å². The lowest BCUT2D eigenvalue weighted by molar-refractivity contribution is -0.132. The summed E-state index contributed by atoms with van der Waals surface area (Å²) in [6, 6.07) is 8.16. The Labute approximate surface area is 138 Å². The maximum absolute atomic E-state index is 12.3. The quantitative estimate of drug-likeness (QED) is 0.800. The Balaban J connectivity index is 1.84. The van der Waals surface area contributed by atoms with E-state index in [4.69, 9.17) is 0 Å². The Kier molecular flexibility index (Phi) is 5.78. The molecule has 0 saturated carbocycles. The number of nitrogens with zero attached hydrogens (tertiary/aromatic N) is 3. The number of carbonyl (C=O) groups excluding carboxylic acids is 1. The molecule has 1 aromatic carbocycles. The number of amides is 1. The number of aryl methyl sites for hydroxylation is 2. The number of carbonyl (C=O) groups is 1. The highest BCUT2D eigenvalue weighted by Gasteiger charge is 2.29. The zero-order valence-corrected chi connectivity index (χ0v) is 14.8. The number of rotatable bonds is 5. The van der Waals surface area contributed by atoms with E-state index >= 15 is 0 Å². The molecule has 128 valence electrons. The first-order valence-electron chi connectivity index (χ1n) is 7.81. The second-order valence-electron chi connectivity index (χ2n) is 6.06. The highest BCUT2D eigenvalue weighted by molar-refractivity contribution is 7.86. The molecule has 1 saturated heterocycles. The third kappa shape index (κ3) is 4.53. The van der Waals surface area contributed by atoms with E-state index in [9.17, 15) is 13.2 Å². The van der Waals surface area contributed by atoms with E-state index < -0.39 is 10.2 Å². The highest BCUT2D eigenvalue weighted by Crippen LogP contribution is 2.12. The van der Waals surface area contributed by atoms with E-state index in [0.717, 1.165) is 12.0 Å². The molecule has 0 aliphatic carbocycles. The Hall–Kier alpha value is -1.44. The number of hydrogen-bond acceptors (Lipinski definition) is 3. The first-order valence-corrected chi connectivity index (χ1v) is 9.21. The van der Waals surface area contributed by atoms with Crippen molar-refractivity contribution in [3.8, 4) is 0 Å². The van der Waals surface area contributed by atoms with Gasteiger partial charge in [0.2, 0.25) is 5.91 Å². The van der Waals surface area contributed by atoms with Gasteiger partial charge in [-0.3, -0.25) is 4.79 Å². The van der Waals surface area contributed by atoms with Crippen molar-refractivity contribution in [2.75, 3.05) is 40.3 Å². The van der Waals surface area contributed by atoms with Gasteiger partial charge < -0.3 is 4.90 Å². The Morgan fingerprint density at radius 3 is 2.39 bits per heavy atom. The summed E-state index contributed by atoms with van der Waals surface area (Å²) in [6.07, 6.45) is 1.18. The second kappa shape index (κ2) is 7.42. The van der Waals surface area contributed by atoms with Crippen LogP contribution in [0.2, 0.25) is 0 Å². The molecule has 0 bridgehead atoms. The van der Waals surface area contributed by atoms with Gasteiger partial charge in [0.15, 0.2) is 0 Å². The van der Waals surface area contributed by atoms with Crippen molar-refractivity contribution in [2.45, 2.75) is 19.8 Å². The Morgan fingerprint density at radius 2 is 1.83 bits per heavy atom. The third-order valence-corrected chi connectivity index (χ3v) is 6.03. The first kappa shape index (κ1) is 17.9. The van der Waals surface area contributed by atoms with Gasteiger partial charge in [0.25, 0.3) is 10.2 Å². The third-order valence-electron chi connectivity index (χ3n) is 4.09. The van der Waals surface area contributed by atoms with E-state index in [2.05, 4.69) is 6.07 Å². The molecule has 0 atom stereocenters. The molecule has 1 aliphatic rings. The molecule has 1 amide bonds. The molecule has 7 heteroatoms. The van der Waals surface area contributed by atoms with Crippen molar-refractivity contribution < 1.29 is 13.2 Å². The van der Waals surface area contributed by atoms with Gasteiger partial charge in [0.1, 0.15) is 0 Å². The van der Waals surface area contributed by atoms with Crippen molar-refractivity contribution in [1.29, 1.82) is 0 Å². The van der Waals surface area contributed by atoms with Gasteiger partial charge >= 0.3 is 0 Å². The molecule has 1 heterocycles. The number of hydrogen-bond donors (Lipinski definition) is 0. The van der Waals surface area contributed by atoms with Crippen LogP contribution in [0.5, 0.6) is 0 Å². The van der Waals surface area contributed by atoms with Crippen LogP contribution in [0.15, 0.2) is 24.3 Å². The van der Waals surface area contributed by atoms with Crippen molar-refractivity contribution in [3.63, 3.8) is 0 Å². The summed E-state index contributed by atoms with van der Waals surface area (Å²) >= 11 is 0. The molecular formula is C16H25N3O3S. The van der Waals surface area contributed by atoms with Crippen LogP contribution in [0, 0.1) is 6.92 Å². The second-order valence-corrected chi connectivity index (χ2v) is 8.20. The van der Waals surface area contributed by atoms with Gasteiger partial charge in [-0.1, -0.05) is 29.8 Å². The van der Waals surface area contributed by atoms with Gasteiger partial charge in [-0.05, 0) is 18.9 Å². The molecular weight excluding hydrogens is 314 g/mol. The fourth-order valence-corrected chi connectivity index (χ4v) is 3.76. The molecule has 2 rings (SSSR count). The average molecular weight is 339 g/mol. The van der Waals surface area contributed by atoms with Crippen molar-refractivity contribution in [1.82, 2.24) is 13.5 Å². The summed E-state index contributed by atoms with van der Waals surface area (Å²) in [6.45, 7) is 3.67. The fourth-order valence-electron chi connectivity index (χ4n) is 2.68. The van der Waals surface area contributed by atoms with Crippen LogP contribution in [0.25, 0.3) is 0 Å². The number of benzene rings is 1. The molecule has 0 N–H and O–H groups in total. The lowest BCUT2D eigenvalue weighted by Gasteiger charge is -2.35. The van der Waals surface area contributed by atoms with Crippen LogP contribution in [-0.2, 0) is 21.4 Å². The van der Waals surface area contributed by atoms with Crippen LogP contribution in [0.4, 0.5) is 0 Å². The molecule has 0 radical (unpaired) electrons. The molecule has 6 nitrogen and oxygen atoms in total. The van der Waals surface area contributed by atoms with E-state index in [1.807, 2.05) is 25.1 Å². The van der Waals surface area contributed by atoms with E-state index in [-0.39, 0.29) is 5.91 Å². The van der Waals surface area contributed by atoms with Crippen LogP contribution >= 0.6 is 0 Å². The average Bonchev–Trinajstić information content (AvgIpc) is 2.52. The predicted molar refractivity (Wildman–Crippen MR) is 90.3 cm³/mol.